The minimum Gasteiger partial charge on any atom is -0.370 e. The van der Waals surface area contributed by atoms with E-state index in [9.17, 15) is 8.42 Å². The Bertz CT molecular complexity index is 495. The summed E-state index contributed by atoms with van der Waals surface area (Å²) in [4.78, 5) is 4.27. The molecule has 0 bridgehead atoms. The van der Waals surface area contributed by atoms with Crippen molar-refractivity contribution in [3.05, 3.63) is 18.3 Å². The van der Waals surface area contributed by atoms with Gasteiger partial charge in [-0.1, -0.05) is 13.3 Å². The molecule has 19 heavy (non-hydrogen) atoms. The van der Waals surface area contributed by atoms with E-state index in [0.717, 1.165) is 19.4 Å². The van der Waals surface area contributed by atoms with E-state index >= 15 is 0 Å². The summed E-state index contributed by atoms with van der Waals surface area (Å²) in [5, 5.41) is 3.03. The van der Waals surface area contributed by atoms with Crippen molar-refractivity contribution in [3.63, 3.8) is 0 Å². The third-order valence-electron chi connectivity index (χ3n) is 2.69. The molecule has 2 N–H and O–H groups in total. The Labute approximate surface area is 115 Å². The van der Waals surface area contributed by atoms with E-state index in [-0.39, 0.29) is 4.90 Å². The van der Waals surface area contributed by atoms with Gasteiger partial charge in [-0.05, 0) is 39.3 Å². The molecule has 1 heterocycles. The lowest BCUT2D eigenvalue weighted by Crippen LogP contribution is -2.43. The zero-order chi connectivity index (χ0) is 14.5. The summed E-state index contributed by atoms with van der Waals surface area (Å²) >= 11 is 0. The van der Waals surface area contributed by atoms with Gasteiger partial charge in [0.25, 0.3) is 0 Å². The van der Waals surface area contributed by atoms with Gasteiger partial charge in [-0.2, -0.15) is 0 Å². The summed E-state index contributed by atoms with van der Waals surface area (Å²) in [7, 11) is -3.51. The maximum absolute atomic E-state index is 12.2. The Morgan fingerprint density at radius 1 is 1.26 bits per heavy atom. The monoisotopic (exact) mass is 285 g/mol. The molecular formula is C13H23N3O2S. The van der Waals surface area contributed by atoms with Crippen LogP contribution >= 0.6 is 0 Å². The van der Waals surface area contributed by atoms with Crippen LogP contribution in [0.2, 0.25) is 0 Å². The molecule has 108 valence electrons. The van der Waals surface area contributed by atoms with Crippen molar-refractivity contribution in [1.82, 2.24) is 9.71 Å². The maximum atomic E-state index is 12.2. The van der Waals surface area contributed by atoms with Crippen LogP contribution in [0.5, 0.6) is 0 Å². The van der Waals surface area contributed by atoms with Crippen LogP contribution in [-0.4, -0.2) is 25.5 Å². The van der Waals surface area contributed by atoms with Crippen molar-refractivity contribution in [2.45, 2.75) is 51.0 Å². The predicted molar refractivity (Wildman–Crippen MR) is 77.7 cm³/mol. The Hall–Kier alpha value is -1.14. The molecule has 0 aliphatic heterocycles. The first-order valence-electron chi connectivity index (χ1n) is 6.54. The number of rotatable bonds is 7. The molecule has 0 saturated carbocycles. The number of sulfonamides is 1. The second-order valence-corrected chi connectivity index (χ2v) is 6.83. The summed E-state index contributed by atoms with van der Waals surface area (Å²) in [6.07, 6.45) is 3.09. The summed E-state index contributed by atoms with van der Waals surface area (Å²) in [5.41, 5.74) is -0.450. The van der Waals surface area contributed by atoms with Crippen LogP contribution in [0.3, 0.4) is 0 Å². The van der Waals surface area contributed by atoms with Crippen LogP contribution in [0.15, 0.2) is 23.2 Å². The van der Waals surface area contributed by atoms with Gasteiger partial charge >= 0.3 is 0 Å². The van der Waals surface area contributed by atoms with Crippen molar-refractivity contribution in [2.24, 2.45) is 0 Å². The van der Waals surface area contributed by atoms with E-state index in [2.05, 4.69) is 15.0 Å². The molecule has 0 aliphatic carbocycles. The second-order valence-electron chi connectivity index (χ2n) is 5.15. The standard InChI is InChI=1S/C13H23N3O2S/c1-5-9-13(3,4)16-19(17,18)11-7-8-12(14-6-2)15-10-11/h7-8,10,16H,5-6,9H2,1-4H3,(H,14,15). The lowest BCUT2D eigenvalue weighted by atomic mass is 10.0. The Balaban J connectivity index is 2.88. The van der Waals surface area contributed by atoms with E-state index in [1.807, 2.05) is 27.7 Å². The van der Waals surface area contributed by atoms with Crippen LogP contribution < -0.4 is 10.0 Å². The molecular weight excluding hydrogens is 262 g/mol. The molecule has 0 saturated heterocycles. The first-order chi connectivity index (χ1) is 8.80. The number of hydrogen-bond donors (Lipinski definition) is 2. The Morgan fingerprint density at radius 2 is 1.95 bits per heavy atom. The molecule has 5 nitrogen and oxygen atoms in total. The third kappa shape index (κ3) is 4.80. The highest BCUT2D eigenvalue weighted by Gasteiger charge is 2.25. The minimum atomic E-state index is -3.51. The zero-order valence-corrected chi connectivity index (χ0v) is 12.8. The number of aromatic nitrogens is 1. The molecule has 0 aromatic carbocycles. The van der Waals surface area contributed by atoms with E-state index < -0.39 is 15.6 Å². The molecule has 1 aromatic rings. The average Bonchev–Trinajstić information content (AvgIpc) is 2.28. The van der Waals surface area contributed by atoms with Gasteiger partial charge in [-0.3, -0.25) is 0 Å². The van der Waals surface area contributed by atoms with Gasteiger partial charge in [-0.15, -0.1) is 0 Å². The molecule has 1 rings (SSSR count). The molecule has 6 heteroatoms. The number of nitrogens with one attached hydrogen (secondary N) is 2. The third-order valence-corrected chi connectivity index (χ3v) is 4.37. The van der Waals surface area contributed by atoms with Crippen molar-refractivity contribution >= 4 is 15.8 Å². The molecule has 0 atom stereocenters. The number of nitrogens with zero attached hydrogens (tertiary/aromatic N) is 1. The number of pyridine rings is 1. The highest BCUT2D eigenvalue weighted by molar-refractivity contribution is 7.89. The van der Waals surface area contributed by atoms with Gasteiger partial charge in [0.05, 0.1) is 0 Å². The van der Waals surface area contributed by atoms with Crippen molar-refractivity contribution in [1.29, 1.82) is 0 Å². The molecule has 0 fully saturated rings. The number of anilines is 1. The van der Waals surface area contributed by atoms with Gasteiger partial charge in [0.15, 0.2) is 0 Å². The van der Waals surface area contributed by atoms with E-state index in [1.165, 1.54) is 6.20 Å². The van der Waals surface area contributed by atoms with Crippen molar-refractivity contribution in [2.75, 3.05) is 11.9 Å². The lowest BCUT2D eigenvalue weighted by molar-refractivity contribution is 0.417. The first-order valence-corrected chi connectivity index (χ1v) is 8.03. The first kappa shape index (κ1) is 15.9. The van der Waals surface area contributed by atoms with Gasteiger partial charge in [-0.25, -0.2) is 18.1 Å². The largest absolute Gasteiger partial charge is 0.370 e. The molecule has 0 aliphatic rings. The second kappa shape index (κ2) is 6.34. The Kier molecular flexibility index (Phi) is 5.31. The molecule has 0 amide bonds. The number of hydrogen-bond acceptors (Lipinski definition) is 4. The summed E-state index contributed by atoms with van der Waals surface area (Å²) in [6, 6.07) is 3.24. The van der Waals surface area contributed by atoms with Gasteiger partial charge < -0.3 is 5.32 Å². The van der Waals surface area contributed by atoms with Crippen LogP contribution in [-0.2, 0) is 10.0 Å². The minimum absolute atomic E-state index is 0.193. The van der Waals surface area contributed by atoms with Crippen LogP contribution in [0, 0.1) is 0 Å². The predicted octanol–water partition coefficient (Wildman–Crippen LogP) is 2.37. The normalized spacial score (nSPS) is 12.4. The highest BCUT2D eigenvalue weighted by atomic mass is 32.2. The summed E-state index contributed by atoms with van der Waals surface area (Å²) < 4.78 is 27.2. The molecule has 0 radical (unpaired) electrons. The topological polar surface area (TPSA) is 71.1 Å². The van der Waals surface area contributed by atoms with Gasteiger partial charge in [0.2, 0.25) is 10.0 Å². The summed E-state index contributed by atoms with van der Waals surface area (Å²) in [5.74, 6) is 0.675. The maximum Gasteiger partial charge on any atom is 0.242 e. The molecule has 1 aromatic heterocycles. The highest BCUT2D eigenvalue weighted by Crippen LogP contribution is 2.17. The van der Waals surface area contributed by atoms with Crippen molar-refractivity contribution < 1.29 is 8.42 Å². The zero-order valence-electron chi connectivity index (χ0n) is 12.0. The fraction of sp³-hybridized carbons (Fsp3) is 0.615. The van der Waals surface area contributed by atoms with E-state index in [0.29, 0.717) is 5.82 Å². The molecule has 0 spiro atoms. The fourth-order valence-corrected chi connectivity index (χ4v) is 3.31. The van der Waals surface area contributed by atoms with Crippen LogP contribution in [0.25, 0.3) is 0 Å². The summed E-state index contributed by atoms with van der Waals surface area (Å²) in [6.45, 7) is 8.51. The van der Waals surface area contributed by atoms with Crippen LogP contribution in [0.1, 0.15) is 40.5 Å². The average molecular weight is 285 g/mol. The lowest BCUT2D eigenvalue weighted by Gasteiger charge is -2.25. The van der Waals surface area contributed by atoms with Crippen LogP contribution in [0.4, 0.5) is 5.82 Å². The SMILES string of the molecule is CCCC(C)(C)NS(=O)(=O)c1ccc(NCC)nc1. The molecule has 0 unspecified atom stereocenters. The van der Waals surface area contributed by atoms with E-state index in [4.69, 9.17) is 0 Å². The fourth-order valence-electron chi connectivity index (χ4n) is 1.92. The smallest absolute Gasteiger partial charge is 0.242 e. The van der Waals surface area contributed by atoms with E-state index in [1.54, 1.807) is 12.1 Å². The van der Waals surface area contributed by atoms with Gasteiger partial charge in [0, 0.05) is 18.3 Å². The Morgan fingerprint density at radius 3 is 2.42 bits per heavy atom. The quantitative estimate of drug-likeness (QED) is 0.807. The van der Waals surface area contributed by atoms with Crippen molar-refractivity contribution in [3.8, 4) is 0 Å². The van der Waals surface area contributed by atoms with Gasteiger partial charge in [0.1, 0.15) is 10.7 Å².